The van der Waals surface area contributed by atoms with Gasteiger partial charge in [-0.3, -0.25) is 0 Å². The van der Waals surface area contributed by atoms with Crippen molar-refractivity contribution in [3.8, 4) is 0 Å². The Balaban J connectivity index is 1.97. The first kappa shape index (κ1) is 19.9. The molecule has 1 fully saturated rings. The molecule has 144 valence electrons. The summed E-state index contributed by atoms with van der Waals surface area (Å²) in [5.74, 6) is 0. The van der Waals surface area contributed by atoms with Crippen molar-refractivity contribution >= 4 is 12.6 Å². The molecule has 2 aromatic carbocycles. The van der Waals surface area contributed by atoms with Crippen LogP contribution in [0.5, 0.6) is 0 Å². The van der Waals surface area contributed by atoms with Gasteiger partial charge in [-0.05, 0) is 44.3 Å². The molecule has 27 heavy (non-hydrogen) atoms. The number of benzene rings is 2. The summed E-state index contributed by atoms with van der Waals surface area (Å²) in [5.41, 5.74) is -4.10. The highest BCUT2D eigenvalue weighted by molar-refractivity contribution is 6.62. The second kappa shape index (κ2) is 6.36. The number of aliphatic hydroxyl groups is 1. The summed E-state index contributed by atoms with van der Waals surface area (Å²) in [6.45, 7) is 7.61. The molecule has 3 nitrogen and oxygen atoms in total. The Labute approximate surface area is 157 Å². The van der Waals surface area contributed by atoms with Crippen molar-refractivity contribution in [3.05, 3.63) is 65.7 Å². The number of alkyl halides is 3. The number of rotatable bonds is 3. The lowest BCUT2D eigenvalue weighted by atomic mass is 9.77. The molecule has 7 heteroatoms. The second-order valence-electron chi connectivity index (χ2n) is 7.78. The van der Waals surface area contributed by atoms with Gasteiger partial charge in [-0.2, -0.15) is 13.2 Å². The first-order valence-corrected chi connectivity index (χ1v) is 8.69. The van der Waals surface area contributed by atoms with E-state index in [0.717, 1.165) is 0 Å². The highest BCUT2D eigenvalue weighted by Gasteiger charge is 2.56. The van der Waals surface area contributed by atoms with Crippen LogP contribution in [-0.4, -0.2) is 29.6 Å². The molecule has 1 N–H and O–H groups in total. The van der Waals surface area contributed by atoms with E-state index in [0.29, 0.717) is 5.46 Å². The van der Waals surface area contributed by atoms with Crippen LogP contribution in [0.3, 0.4) is 0 Å². The van der Waals surface area contributed by atoms with Crippen LogP contribution in [0, 0.1) is 0 Å². The van der Waals surface area contributed by atoms with Gasteiger partial charge in [-0.15, -0.1) is 0 Å². The summed E-state index contributed by atoms with van der Waals surface area (Å²) in [6.07, 6.45) is -4.87. The molecule has 0 bridgehead atoms. The van der Waals surface area contributed by atoms with Crippen LogP contribution < -0.4 is 5.46 Å². The van der Waals surface area contributed by atoms with Crippen molar-refractivity contribution in [1.29, 1.82) is 0 Å². The molecule has 0 amide bonds. The third kappa shape index (κ3) is 3.28. The number of hydrogen-bond acceptors (Lipinski definition) is 3. The molecule has 1 atom stereocenters. The van der Waals surface area contributed by atoms with Crippen LogP contribution in [0.25, 0.3) is 0 Å². The summed E-state index contributed by atoms with van der Waals surface area (Å²) in [5, 5.41) is 10.6. The predicted molar refractivity (Wildman–Crippen MR) is 97.7 cm³/mol. The quantitative estimate of drug-likeness (QED) is 0.827. The topological polar surface area (TPSA) is 38.7 Å². The van der Waals surface area contributed by atoms with Gasteiger partial charge in [0.2, 0.25) is 5.60 Å². The second-order valence-corrected chi connectivity index (χ2v) is 7.78. The lowest BCUT2D eigenvalue weighted by Gasteiger charge is -2.32. The van der Waals surface area contributed by atoms with Gasteiger partial charge < -0.3 is 14.4 Å². The van der Waals surface area contributed by atoms with E-state index in [1.54, 1.807) is 6.07 Å². The molecule has 1 heterocycles. The monoisotopic (exact) mass is 378 g/mol. The molecule has 3 rings (SSSR count). The summed E-state index contributed by atoms with van der Waals surface area (Å²) in [4.78, 5) is 0. The van der Waals surface area contributed by atoms with E-state index in [1.807, 2.05) is 27.7 Å². The Morgan fingerprint density at radius 1 is 0.778 bits per heavy atom. The molecule has 0 aliphatic carbocycles. The third-order valence-electron chi connectivity index (χ3n) is 5.46. The van der Waals surface area contributed by atoms with Gasteiger partial charge in [-0.25, -0.2) is 0 Å². The van der Waals surface area contributed by atoms with Gasteiger partial charge in [0.25, 0.3) is 0 Å². The van der Waals surface area contributed by atoms with E-state index in [9.17, 15) is 18.3 Å². The van der Waals surface area contributed by atoms with Crippen molar-refractivity contribution in [1.82, 2.24) is 0 Å². The smallest absolute Gasteiger partial charge is 0.399 e. The van der Waals surface area contributed by atoms with E-state index in [4.69, 9.17) is 9.31 Å². The summed E-state index contributed by atoms with van der Waals surface area (Å²) < 4.78 is 53.2. The maximum absolute atomic E-state index is 13.8. The normalized spacial score (nSPS) is 21.1. The minimum absolute atomic E-state index is 0.235. The predicted octanol–water partition coefficient (Wildman–Crippen LogP) is 3.78. The van der Waals surface area contributed by atoms with Crippen molar-refractivity contribution in [2.75, 3.05) is 0 Å². The Hall–Kier alpha value is -1.83. The SMILES string of the molecule is CC1(C)OB(c2ccc(C(O)(c3ccccc3)C(F)(F)F)cc2)OC1(C)C. The summed E-state index contributed by atoms with van der Waals surface area (Å²) in [6, 6.07) is 12.6. The zero-order chi connectivity index (χ0) is 20.1. The Kier molecular flexibility index (Phi) is 4.69. The fraction of sp³-hybridized carbons (Fsp3) is 0.400. The van der Waals surface area contributed by atoms with Gasteiger partial charge in [-0.1, -0.05) is 54.6 Å². The average molecular weight is 378 g/mol. The molecule has 0 aromatic heterocycles. The van der Waals surface area contributed by atoms with Gasteiger partial charge in [0.05, 0.1) is 11.2 Å². The zero-order valence-electron chi connectivity index (χ0n) is 15.7. The van der Waals surface area contributed by atoms with Gasteiger partial charge in [0, 0.05) is 0 Å². The Bertz CT molecular complexity index is 787. The van der Waals surface area contributed by atoms with Crippen molar-refractivity contribution < 1.29 is 27.6 Å². The Morgan fingerprint density at radius 3 is 1.67 bits per heavy atom. The van der Waals surface area contributed by atoms with Crippen molar-refractivity contribution in [3.63, 3.8) is 0 Å². The van der Waals surface area contributed by atoms with E-state index < -0.39 is 30.1 Å². The molecule has 0 saturated carbocycles. The standard InChI is InChI=1S/C20H22BF3O3/c1-17(2)18(3,4)27-21(26-17)16-12-10-15(11-13-16)19(25,20(22,23)24)14-8-6-5-7-9-14/h5-13,25H,1-4H3. The highest BCUT2D eigenvalue weighted by Crippen LogP contribution is 2.44. The fourth-order valence-electron chi connectivity index (χ4n) is 3.03. The van der Waals surface area contributed by atoms with Crippen LogP contribution in [0.1, 0.15) is 38.8 Å². The first-order valence-electron chi connectivity index (χ1n) is 8.69. The highest BCUT2D eigenvalue weighted by atomic mass is 19.4. The molecule has 1 unspecified atom stereocenters. The molecule has 1 saturated heterocycles. The van der Waals surface area contributed by atoms with Gasteiger partial charge in [0.1, 0.15) is 0 Å². The van der Waals surface area contributed by atoms with Crippen molar-refractivity contribution in [2.45, 2.75) is 50.7 Å². The lowest BCUT2D eigenvalue weighted by Crippen LogP contribution is -2.43. The van der Waals surface area contributed by atoms with E-state index in [2.05, 4.69) is 0 Å². The maximum atomic E-state index is 13.8. The zero-order valence-corrected chi connectivity index (χ0v) is 15.7. The number of halogens is 3. The van der Waals surface area contributed by atoms with Crippen molar-refractivity contribution in [2.24, 2.45) is 0 Å². The molecular formula is C20H22BF3O3. The van der Waals surface area contributed by atoms with E-state index in [-0.39, 0.29) is 11.1 Å². The maximum Gasteiger partial charge on any atom is 0.494 e. The minimum atomic E-state index is -4.87. The summed E-state index contributed by atoms with van der Waals surface area (Å²) in [7, 11) is -0.681. The molecule has 1 aliphatic rings. The average Bonchev–Trinajstić information content (AvgIpc) is 2.82. The fourth-order valence-corrected chi connectivity index (χ4v) is 3.03. The van der Waals surface area contributed by atoms with Crippen LogP contribution in [0.15, 0.2) is 54.6 Å². The van der Waals surface area contributed by atoms with Crippen LogP contribution in [0.4, 0.5) is 13.2 Å². The molecule has 0 radical (unpaired) electrons. The molecule has 0 spiro atoms. The Morgan fingerprint density at radius 2 is 1.22 bits per heavy atom. The third-order valence-corrected chi connectivity index (χ3v) is 5.46. The number of hydrogen-bond donors (Lipinski definition) is 1. The van der Waals surface area contributed by atoms with Crippen LogP contribution in [-0.2, 0) is 14.9 Å². The van der Waals surface area contributed by atoms with E-state index in [1.165, 1.54) is 48.5 Å². The van der Waals surface area contributed by atoms with Crippen LogP contribution >= 0.6 is 0 Å². The van der Waals surface area contributed by atoms with Gasteiger partial charge in [0.15, 0.2) is 0 Å². The molecular weight excluding hydrogens is 356 g/mol. The van der Waals surface area contributed by atoms with E-state index >= 15 is 0 Å². The first-order chi connectivity index (χ1) is 12.4. The largest absolute Gasteiger partial charge is 0.494 e. The van der Waals surface area contributed by atoms with Gasteiger partial charge >= 0.3 is 13.3 Å². The van der Waals surface area contributed by atoms with Crippen LogP contribution in [0.2, 0.25) is 0 Å². The lowest BCUT2D eigenvalue weighted by molar-refractivity contribution is -0.248. The summed E-state index contributed by atoms with van der Waals surface area (Å²) >= 11 is 0. The molecule has 2 aromatic rings. The minimum Gasteiger partial charge on any atom is -0.399 e. The molecule has 1 aliphatic heterocycles.